The number of anilines is 3. The molecule has 1 aliphatic rings. The van der Waals surface area contributed by atoms with Crippen molar-refractivity contribution < 1.29 is 17.9 Å². The van der Waals surface area contributed by atoms with Gasteiger partial charge in [0.05, 0.1) is 16.8 Å². The van der Waals surface area contributed by atoms with Gasteiger partial charge in [-0.25, -0.2) is 32.7 Å². The fourth-order valence-electron chi connectivity index (χ4n) is 3.65. The molecule has 13 heteroatoms. The molecule has 0 saturated carbocycles. The fourth-order valence-corrected chi connectivity index (χ4v) is 5.13. The van der Waals surface area contributed by atoms with Crippen LogP contribution < -0.4 is 21.6 Å². The van der Waals surface area contributed by atoms with Crippen LogP contribution in [0.3, 0.4) is 0 Å². The Morgan fingerprint density at radius 3 is 2.28 bits per heavy atom. The summed E-state index contributed by atoms with van der Waals surface area (Å²) in [6.45, 7) is 8.24. The maximum Gasteiger partial charge on any atom is 0.247 e. The highest BCUT2D eigenvalue weighted by molar-refractivity contribution is 7.89. The summed E-state index contributed by atoms with van der Waals surface area (Å²) < 4.78 is 32.5. The van der Waals surface area contributed by atoms with Crippen molar-refractivity contribution in [2.24, 2.45) is 15.4 Å². The second-order valence-corrected chi connectivity index (χ2v) is 12.1. The molecular weight excluding hydrogens is 506 g/mol. The molecule has 0 spiro atoms. The highest BCUT2D eigenvalue weighted by atomic mass is 35.5. The molecule has 1 aliphatic heterocycles. The first-order chi connectivity index (χ1) is 16.8. The van der Waals surface area contributed by atoms with Crippen molar-refractivity contribution in [3.63, 3.8) is 0 Å². The first kappa shape index (κ1) is 25.9. The Bertz CT molecular complexity index is 1550. The Labute approximate surface area is 214 Å². The smallest absolute Gasteiger partial charge is 0.247 e. The average Bonchev–Trinajstić information content (AvgIpc) is 3.41. The van der Waals surface area contributed by atoms with Crippen LogP contribution in [0.5, 0.6) is 5.75 Å². The van der Waals surface area contributed by atoms with Gasteiger partial charge >= 0.3 is 0 Å². The number of aromatic hydroxyl groups is 1. The minimum Gasteiger partial charge on any atom is -0.504 e. The van der Waals surface area contributed by atoms with Crippen LogP contribution in [-0.4, -0.2) is 48.6 Å². The monoisotopic (exact) mass is 533 g/mol. The molecule has 3 aromatic rings. The minimum absolute atomic E-state index is 0.0770. The number of phenols is 1. The van der Waals surface area contributed by atoms with Gasteiger partial charge in [0.1, 0.15) is 23.1 Å². The van der Waals surface area contributed by atoms with Gasteiger partial charge in [-0.05, 0) is 36.6 Å². The standard InChI is InChI=1S/C23H28ClN7O4S/c1-12-7-10-15(35-12)18(23(2,3)4)28-22-21(29-19-20(30-22)26-11-25-19)27-14-9-8-13(24)17(16(14)32)36(33,34)31(5)6/h7-10,18,32H,11H2,1-6H3,(H,25,27,29)(H,26,28,30)/t18-/m0/s1. The van der Waals surface area contributed by atoms with Gasteiger partial charge < -0.3 is 20.2 Å². The number of nitrogens with zero attached hydrogens (tertiary/aromatic N) is 5. The number of nitrogens with one attached hydrogen (secondary N) is 2. The lowest BCUT2D eigenvalue weighted by Crippen LogP contribution is -2.33. The molecule has 3 heterocycles. The summed E-state index contributed by atoms with van der Waals surface area (Å²) in [6, 6.07) is 6.33. The van der Waals surface area contributed by atoms with Crippen LogP contribution in [0.2, 0.25) is 5.02 Å². The first-order valence-corrected chi connectivity index (χ1v) is 12.9. The Morgan fingerprint density at radius 1 is 1.08 bits per heavy atom. The summed E-state index contributed by atoms with van der Waals surface area (Å²) in [5.74, 6) is 1.49. The maximum atomic E-state index is 12.8. The number of phenolic OH excluding ortho intramolecular Hbond substituents is 1. The summed E-state index contributed by atoms with van der Waals surface area (Å²) >= 11 is 6.16. The second kappa shape index (κ2) is 9.34. The Hall–Kier alpha value is -3.22. The number of fused-ring (bicyclic) bond motifs is 1. The summed E-state index contributed by atoms with van der Waals surface area (Å²) in [5.41, 5.74) is 0.494. The van der Waals surface area contributed by atoms with Crippen LogP contribution in [0.15, 0.2) is 43.6 Å². The highest BCUT2D eigenvalue weighted by Crippen LogP contribution is 2.41. The molecule has 1 atom stereocenters. The molecule has 0 radical (unpaired) electrons. The number of aryl methyl sites for hydroxylation is 1. The van der Waals surface area contributed by atoms with Crippen molar-refractivity contribution in [2.75, 3.05) is 31.4 Å². The van der Waals surface area contributed by atoms with E-state index in [1.807, 2.05) is 19.1 Å². The van der Waals surface area contributed by atoms with Gasteiger partial charge in [0.25, 0.3) is 0 Å². The second-order valence-electron chi connectivity index (χ2n) is 9.60. The quantitative estimate of drug-likeness (QED) is 0.393. The Kier molecular flexibility index (Phi) is 6.71. The fraction of sp³-hybridized carbons (Fsp3) is 0.391. The molecule has 0 fully saturated rings. The van der Waals surface area contributed by atoms with E-state index in [1.165, 1.54) is 26.2 Å². The third-order valence-corrected chi connectivity index (χ3v) is 7.89. The van der Waals surface area contributed by atoms with Crippen molar-refractivity contribution in [3.8, 4) is 5.75 Å². The molecule has 1 aromatic carbocycles. The number of furan rings is 1. The summed E-state index contributed by atoms with van der Waals surface area (Å²) in [4.78, 5) is 17.2. The summed E-state index contributed by atoms with van der Waals surface area (Å²) in [6.07, 6.45) is 0. The zero-order valence-electron chi connectivity index (χ0n) is 20.8. The number of sulfonamides is 1. The van der Waals surface area contributed by atoms with Crippen molar-refractivity contribution >= 4 is 38.9 Å². The zero-order valence-corrected chi connectivity index (χ0v) is 22.4. The van der Waals surface area contributed by atoms with E-state index >= 15 is 0 Å². The number of hydrogen-bond donors (Lipinski definition) is 3. The highest BCUT2D eigenvalue weighted by Gasteiger charge is 2.31. The van der Waals surface area contributed by atoms with Crippen molar-refractivity contribution in [1.29, 1.82) is 0 Å². The average molecular weight is 534 g/mol. The van der Waals surface area contributed by atoms with Gasteiger partial charge in [0, 0.05) is 14.1 Å². The topological polar surface area (TPSA) is 145 Å². The van der Waals surface area contributed by atoms with Crippen LogP contribution in [0.25, 0.3) is 0 Å². The van der Waals surface area contributed by atoms with E-state index in [0.29, 0.717) is 22.6 Å². The molecule has 192 valence electrons. The van der Waals surface area contributed by atoms with Gasteiger partial charge in [-0.2, -0.15) is 0 Å². The lowest BCUT2D eigenvalue weighted by atomic mass is 9.85. The molecule has 3 N–H and O–H groups in total. The van der Waals surface area contributed by atoms with Crippen molar-refractivity contribution in [3.05, 3.63) is 51.8 Å². The third kappa shape index (κ3) is 4.88. The molecule has 0 bridgehead atoms. The minimum atomic E-state index is -4.03. The molecule has 4 rings (SSSR count). The van der Waals surface area contributed by atoms with E-state index in [2.05, 4.69) is 51.4 Å². The molecule has 0 amide bonds. The molecule has 2 aromatic heterocycles. The predicted octanol–water partition coefficient (Wildman–Crippen LogP) is 3.14. The Morgan fingerprint density at radius 2 is 1.72 bits per heavy atom. The van der Waals surface area contributed by atoms with E-state index in [4.69, 9.17) is 16.0 Å². The van der Waals surface area contributed by atoms with E-state index in [1.54, 1.807) is 0 Å². The summed E-state index contributed by atoms with van der Waals surface area (Å²) in [5, 5.41) is 17.2. The Balaban J connectivity index is 1.82. The van der Waals surface area contributed by atoms with Gasteiger partial charge in [-0.3, -0.25) is 0 Å². The van der Waals surface area contributed by atoms with Crippen molar-refractivity contribution in [1.82, 2.24) is 14.3 Å². The maximum absolute atomic E-state index is 12.8. The number of hydrogen-bond acceptors (Lipinski definition) is 10. The zero-order chi connectivity index (χ0) is 26.4. The molecule has 11 nitrogen and oxygen atoms in total. The lowest BCUT2D eigenvalue weighted by molar-refractivity contribution is 0.300. The van der Waals surface area contributed by atoms with E-state index in [-0.39, 0.29) is 34.7 Å². The van der Waals surface area contributed by atoms with Crippen LogP contribution in [-0.2, 0) is 10.0 Å². The van der Waals surface area contributed by atoms with Gasteiger partial charge in [0.15, 0.2) is 28.4 Å². The van der Waals surface area contributed by atoms with Crippen LogP contribution >= 0.6 is 11.6 Å². The number of aromatic nitrogens is 2. The molecule has 0 saturated heterocycles. The van der Waals surface area contributed by atoms with Gasteiger partial charge in [0.2, 0.25) is 10.0 Å². The molecule has 36 heavy (non-hydrogen) atoms. The predicted molar refractivity (Wildman–Crippen MR) is 136 cm³/mol. The van der Waals surface area contributed by atoms with E-state index in [0.717, 1.165) is 10.1 Å². The molecule has 0 unspecified atom stereocenters. The largest absolute Gasteiger partial charge is 0.504 e. The van der Waals surface area contributed by atoms with Crippen LogP contribution in [0.1, 0.15) is 38.3 Å². The number of benzene rings is 1. The molecular formula is C23H28ClN7O4S. The van der Waals surface area contributed by atoms with E-state index in [9.17, 15) is 13.5 Å². The first-order valence-electron chi connectivity index (χ1n) is 11.1. The van der Waals surface area contributed by atoms with Crippen LogP contribution in [0.4, 0.5) is 17.3 Å². The third-order valence-electron chi connectivity index (χ3n) is 5.57. The number of rotatable bonds is 7. The SMILES string of the molecule is Cc1ccc([C@H](Nc2nc3c(nc2Nc2ccc(Cl)c(S(=O)(=O)N(C)C)c2O)=NCN=3)C(C)(C)C)o1. The summed E-state index contributed by atoms with van der Waals surface area (Å²) in [7, 11) is -1.32. The van der Waals surface area contributed by atoms with Gasteiger partial charge in [-0.1, -0.05) is 32.4 Å². The van der Waals surface area contributed by atoms with Crippen LogP contribution in [0, 0.1) is 12.3 Å². The lowest BCUT2D eigenvalue weighted by Gasteiger charge is -2.30. The normalized spacial score (nSPS) is 14.2. The number of halogens is 1. The van der Waals surface area contributed by atoms with Crippen molar-refractivity contribution in [2.45, 2.75) is 38.6 Å². The van der Waals surface area contributed by atoms with E-state index < -0.39 is 20.7 Å². The molecule has 0 aliphatic carbocycles. The van der Waals surface area contributed by atoms with Gasteiger partial charge in [-0.15, -0.1) is 0 Å².